The Kier molecular flexibility index (Phi) is 3.71. The second-order valence-electron chi connectivity index (χ2n) is 3.74. The number of hydrogen-bond acceptors (Lipinski definition) is 3. The van der Waals surface area contributed by atoms with Gasteiger partial charge in [0.25, 0.3) is 5.91 Å². The maximum absolute atomic E-state index is 11.8. The summed E-state index contributed by atoms with van der Waals surface area (Å²) in [5.41, 5.74) is 6.59. The molecule has 0 radical (unpaired) electrons. The number of nitrogens with two attached hydrogens (primary N) is 1. The van der Waals surface area contributed by atoms with Crippen molar-refractivity contribution in [1.82, 2.24) is 15.1 Å². The second kappa shape index (κ2) is 4.82. The van der Waals surface area contributed by atoms with Crippen molar-refractivity contribution in [1.29, 1.82) is 0 Å². The van der Waals surface area contributed by atoms with Crippen molar-refractivity contribution >= 4 is 11.6 Å². The van der Waals surface area contributed by atoms with Crippen molar-refractivity contribution in [3.63, 3.8) is 0 Å². The van der Waals surface area contributed by atoms with Crippen LogP contribution in [0.15, 0.2) is 6.20 Å². The van der Waals surface area contributed by atoms with E-state index >= 15 is 0 Å². The molecule has 84 valence electrons. The third-order valence-electron chi connectivity index (χ3n) is 2.06. The maximum Gasteiger partial charge on any atom is 0.271 e. The molecule has 0 fully saturated rings. The molecule has 5 nitrogen and oxygen atoms in total. The Hall–Kier alpha value is -1.52. The zero-order valence-corrected chi connectivity index (χ0v) is 9.45. The lowest BCUT2D eigenvalue weighted by Crippen LogP contribution is -2.28. The standard InChI is InChI=1S/C10H18N4O/c1-4-5-12-10(15)9-8(11)6-13-14(9)7(2)3/h6-7H,4-5,11H2,1-3H3,(H,12,15). The van der Waals surface area contributed by atoms with Gasteiger partial charge in [0.2, 0.25) is 0 Å². The van der Waals surface area contributed by atoms with Crippen molar-refractivity contribution in [2.24, 2.45) is 0 Å². The SMILES string of the molecule is CCCNC(=O)c1c(N)cnn1C(C)C. The van der Waals surface area contributed by atoms with Crippen LogP contribution in [0.2, 0.25) is 0 Å². The molecule has 0 spiro atoms. The molecule has 0 atom stereocenters. The first-order chi connectivity index (χ1) is 7.07. The summed E-state index contributed by atoms with van der Waals surface area (Å²) in [6.07, 6.45) is 2.42. The smallest absolute Gasteiger partial charge is 0.271 e. The van der Waals surface area contributed by atoms with Crippen LogP contribution in [0.5, 0.6) is 0 Å². The first kappa shape index (κ1) is 11.6. The Balaban J connectivity index is 2.91. The zero-order chi connectivity index (χ0) is 11.4. The van der Waals surface area contributed by atoms with Gasteiger partial charge in [0.15, 0.2) is 0 Å². The predicted molar refractivity (Wildman–Crippen MR) is 59.6 cm³/mol. The first-order valence-corrected chi connectivity index (χ1v) is 5.19. The van der Waals surface area contributed by atoms with E-state index in [0.717, 1.165) is 6.42 Å². The summed E-state index contributed by atoms with van der Waals surface area (Å²) >= 11 is 0. The summed E-state index contributed by atoms with van der Waals surface area (Å²) in [5.74, 6) is -0.152. The Morgan fingerprint density at radius 3 is 2.87 bits per heavy atom. The van der Waals surface area contributed by atoms with E-state index in [9.17, 15) is 4.79 Å². The van der Waals surface area contributed by atoms with E-state index in [1.807, 2.05) is 20.8 Å². The molecule has 0 unspecified atom stereocenters. The van der Waals surface area contributed by atoms with Crippen LogP contribution >= 0.6 is 0 Å². The lowest BCUT2D eigenvalue weighted by atomic mass is 10.3. The summed E-state index contributed by atoms with van der Waals surface area (Å²) in [4.78, 5) is 11.8. The van der Waals surface area contributed by atoms with Crippen molar-refractivity contribution < 1.29 is 4.79 Å². The van der Waals surface area contributed by atoms with E-state index in [2.05, 4.69) is 10.4 Å². The molecule has 15 heavy (non-hydrogen) atoms. The van der Waals surface area contributed by atoms with Crippen molar-refractivity contribution in [2.45, 2.75) is 33.2 Å². The van der Waals surface area contributed by atoms with E-state index in [1.165, 1.54) is 6.20 Å². The molecule has 0 saturated heterocycles. The number of aromatic nitrogens is 2. The average Bonchev–Trinajstić information content (AvgIpc) is 2.56. The van der Waals surface area contributed by atoms with Gasteiger partial charge in [-0.2, -0.15) is 5.10 Å². The van der Waals surface area contributed by atoms with E-state index in [-0.39, 0.29) is 11.9 Å². The van der Waals surface area contributed by atoms with Gasteiger partial charge in [-0.05, 0) is 20.3 Å². The van der Waals surface area contributed by atoms with Gasteiger partial charge in [-0.3, -0.25) is 9.48 Å². The van der Waals surface area contributed by atoms with Gasteiger partial charge in [-0.15, -0.1) is 0 Å². The third-order valence-corrected chi connectivity index (χ3v) is 2.06. The summed E-state index contributed by atoms with van der Waals surface area (Å²) in [6, 6.07) is 0.129. The largest absolute Gasteiger partial charge is 0.396 e. The quantitative estimate of drug-likeness (QED) is 0.784. The topological polar surface area (TPSA) is 72.9 Å². The highest BCUT2D eigenvalue weighted by molar-refractivity contribution is 5.97. The predicted octanol–water partition coefficient (Wildman–Crippen LogP) is 1.19. The number of carbonyl (C=O) groups excluding carboxylic acids is 1. The normalized spacial score (nSPS) is 10.7. The molecule has 5 heteroatoms. The Labute approximate surface area is 89.6 Å². The molecule has 1 amide bonds. The summed E-state index contributed by atoms with van der Waals surface area (Å²) < 4.78 is 1.64. The molecule has 1 aromatic heterocycles. The number of nitrogen functional groups attached to an aromatic ring is 1. The van der Waals surface area contributed by atoms with Crippen molar-refractivity contribution in [3.05, 3.63) is 11.9 Å². The highest BCUT2D eigenvalue weighted by atomic mass is 16.2. The minimum Gasteiger partial charge on any atom is -0.396 e. The fourth-order valence-corrected chi connectivity index (χ4v) is 1.32. The van der Waals surface area contributed by atoms with Gasteiger partial charge in [0.1, 0.15) is 5.69 Å². The van der Waals surface area contributed by atoms with Gasteiger partial charge in [0, 0.05) is 12.6 Å². The number of amides is 1. The molecule has 0 aliphatic heterocycles. The molecule has 0 saturated carbocycles. The van der Waals surface area contributed by atoms with Crippen LogP contribution in [0.1, 0.15) is 43.7 Å². The molecule has 0 aliphatic carbocycles. The molecule has 1 heterocycles. The molecule has 0 bridgehead atoms. The minimum absolute atomic E-state index is 0.129. The lowest BCUT2D eigenvalue weighted by Gasteiger charge is -2.11. The van der Waals surface area contributed by atoms with E-state index < -0.39 is 0 Å². The fraction of sp³-hybridized carbons (Fsp3) is 0.600. The maximum atomic E-state index is 11.8. The highest BCUT2D eigenvalue weighted by Gasteiger charge is 2.17. The van der Waals surface area contributed by atoms with Crippen LogP contribution in [0.4, 0.5) is 5.69 Å². The van der Waals surface area contributed by atoms with Crippen molar-refractivity contribution in [2.75, 3.05) is 12.3 Å². The molecule has 0 aliphatic rings. The molecular formula is C10H18N4O. The Morgan fingerprint density at radius 2 is 2.33 bits per heavy atom. The van der Waals surface area contributed by atoms with E-state index in [4.69, 9.17) is 5.73 Å². The number of rotatable bonds is 4. The van der Waals surface area contributed by atoms with Crippen LogP contribution in [0.25, 0.3) is 0 Å². The van der Waals surface area contributed by atoms with Gasteiger partial charge < -0.3 is 11.1 Å². The Bertz CT molecular complexity index is 343. The molecular weight excluding hydrogens is 192 g/mol. The van der Waals surface area contributed by atoms with Crippen LogP contribution in [-0.2, 0) is 0 Å². The molecule has 3 N–H and O–H groups in total. The second-order valence-corrected chi connectivity index (χ2v) is 3.74. The fourth-order valence-electron chi connectivity index (χ4n) is 1.32. The van der Waals surface area contributed by atoms with Crippen molar-refractivity contribution in [3.8, 4) is 0 Å². The first-order valence-electron chi connectivity index (χ1n) is 5.19. The lowest BCUT2D eigenvalue weighted by molar-refractivity contribution is 0.0942. The summed E-state index contributed by atoms with van der Waals surface area (Å²) in [7, 11) is 0. The van der Waals surface area contributed by atoms with Crippen LogP contribution in [0, 0.1) is 0 Å². The summed E-state index contributed by atoms with van der Waals surface area (Å²) in [6.45, 7) is 6.58. The summed E-state index contributed by atoms with van der Waals surface area (Å²) in [5, 5.41) is 6.87. The van der Waals surface area contributed by atoms with Gasteiger partial charge in [0.05, 0.1) is 11.9 Å². The monoisotopic (exact) mass is 210 g/mol. The highest BCUT2D eigenvalue weighted by Crippen LogP contribution is 2.15. The Morgan fingerprint density at radius 1 is 1.67 bits per heavy atom. The van der Waals surface area contributed by atoms with Gasteiger partial charge in [-0.25, -0.2) is 0 Å². The van der Waals surface area contributed by atoms with E-state index in [0.29, 0.717) is 17.9 Å². The van der Waals surface area contributed by atoms with Crippen LogP contribution in [0.3, 0.4) is 0 Å². The number of hydrogen-bond donors (Lipinski definition) is 2. The molecule has 1 aromatic rings. The third kappa shape index (κ3) is 2.49. The van der Waals surface area contributed by atoms with Gasteiger partial charge >= 0.3 is 0 Å². The minimum atomic E-state index is -0.152. The van der Waals surface area contributed by atoms with Gasteiger partial charge in [-0.1, -0.05) is 6.92 Å². The number of anilines is 1. The molecule has 1 rings (SSSR count). The zero-order valence-electron chi connectivity index (χ0n) is 9.45. The van der Waals surface area contributed by atoms with Crippen LogP contribution < -0.4 is 11.1 Å². The number of nitrogens with zero attached hydrogens (tertiary/aromatic N) is 2. The average molecular weight is 210 g/mol. The van der Waals surface area contributed by atoms with E-state index in [1.54, 1.807) is 4.68 Å². The number of nitrogens with one attached hydrogen (secondary N) is 1. The number of carbonyl (C=O) groups is 1. The van der Waals surface area contributed by atoms with Crippen LogP contribution in [-0.4, -0.2) is 22.2 Å². The molecule has 0 aromatic carbocycles.